The van der Waals surface area contributed by atoms with Crippen molar-refractivity contribution in [3.8, 4) is 0 Å². The molecule has 98 valence electrons. The van der Waals surface area contributed by atoms with Crippen molar-refractivity contribution in [3.63, 3.8) is 0 Å². The summed E-state index contributed by atoms with van der Waals surface area (Å²) in [5.41, 5.74) is 0.101. The van der Waals surface area contributed by atoms with E-state index in [2.05, 4.69) is 14.9 Å². The second-order valence-electron chi connectivity index (χ2n) is 4.11. The lowest BCUT2D eigenvalue weighted by molar-refractivity contribution is -0.0221. The van der Waals surface area contributed by atoms with Gasteiger partial charge < -0.3 is 9.64 Å². The maximum Gasteiger partial charge on any atom is 0.358 e. The van der Waals surface area contributed by atoms with Crippen LogP contribution in [0.3, 0.4) is 0 Å². The van der Waals surface area contributed by atoms with Gasteiger partial charge in [-0.05, 0) is 12.1 Å². The Bertz CT molecular complexity index is 426. The third kappa shape index (κ3) is 2.72. The smallest absolute Gasteiger partial charge is 0.358 e. The maximum absolute atomic E-state index is 13.0. The molecule has 1 fully saturated rings. The highest BCUT2D eigenvalue weighted by molar-refractivity contribution is 5.86. The van der Waals surface area contributed by atoms with Crippen LogP contribution in [0.4, 0.5) is 14.6 Å². The van der Waals surface area contributed by atoms with Gasteiger partial charge in [-0.15, -0.1) is 10.2 Å². The first-order valence-corrected chi connectivity index (χ1v) is 5.57. The molecule has 7 heteroatoms. The highest BCUT2D eigenvalue weighted by Gasteiger charge is 2.34. The number of aromatic nitrogens is 2. The summed E-state index contributed by atoms with van der Waals surface area (Å²) in [5, 5.41) is 7.56. The average molecular weight is 257 g/mol. The number of alkyl halides is 2. The molecule has 1 aromatic heterocycles. The number of ether oxygens (including phenoxy) is 1. The summed E-state index contributed by atoms with van der Waals surface area (Å²) in [4.78, 5) is 12.9. The Morgan fingerprint density at radius 2 is 2.00 bits per heavy atom. The largest absolute Gasteiger partial charge is 0.464 e. The number of esters is 1. The van der Waals surface area contributed by atoms with Crippen molar-refractivity contribution in [2.24, 2.45) is 0 Å². The zero-order valence-electron chi connectivity index (χ0n) is 9.90. The van der Waals surface area contributed by atoms with E-state index in [1.807, 2.05) is 0 Å². The van der Waals surface area contributed by atoms with Gasteiger partial charge >= 0.3 is 5.97 Å². The lowest BCUT2D eigenvalue weighted by Gasteiger charge is -2.32. The van der Waals surface area contributed by atoms with Crippen molar-refractivity contribution < 1.29 is 18.3 Å². The second-order valence-corrected chi connectivity index (χ2v) is 4.11. The van der Waals surface area contributed by atoms with Gasteiger partial charge in [0.2, 0.25) is 0 Å². The van der Waals surface area contributed by atoms with Crippen LogP contribution >= 0.6 is 0 Å². The highest BCUT2D eigenvalue weighted by atomic mass is 19.3. The molecule has 0 spiro atoms. The Hall–Kier alpha value is -1.79. The van der Waals surface area contributed by atoms with Crippen LogP contribution in [0, 0.1) is 0 Å². The number of anilines is 1. The van der Waals surface area contributed by atoms with Crippen LogP contribution in [0.15, 0.2) is 12.1 Å². The summed E-state index contributed by atoms with van der Waals surface area (Å²) in [6.07, 6.45) is -0.374. The summed E-state index contributed by atoms with van der Waals surface area (Å²) in [6, 6.07) is 3.06. The zero-order chi connectivity index (χ0) is 13.2. The van der Waals surface area contributed by atoms with Crippen LogP contribution in [0.1, 0.15) is 23.3 Å². The number of hydrogen-bond donors (Lipinski definition) is 0. The quantitative estimate of drug-likeness (QED) is 0.751. The predicted octanol–water partition coefficient (Wildman–Crippen LogP) is 1.50. The molecule has 1 saturated heterocycles. The molecule has 0 aromatic carbocycles. The Labute approximate surface area is 103 Å². The van der Waals surface area contributed by atoms with Crippen LogP contribution in [-0.4, -0.2) is 42.3 Å². The third-order valence-corrected chi connectivity index (χ3v) is 2.86. The fraction of sp³-hybridized carbons (Fsp3) is 0.545. The molecule has 5 nitrogen and oxygen atoms in total. The van der Waals surface area contributed by atoms with Crippen molar-refractivity contribution in [2.45, 2.75) is 18.8 Å². The van der Waals surface area contributed by atoms with Gasteiger partial charge in [0.15, 0.2) is 11.5 Å². The van der Waals surface area contributed by atoms with E-state index in [0.29, 0.717) is 5.82 Å². The molecule has 0 saturated carbocycles. The molecule has 0 atom stereocenters. The number of nitrogens with zero attached hydrogens (tertiary/aromatic N) is 3. The summed E-state index contributed by atoms with van der Waals surface area (Å²) >= 11 is 0. The molecule has 2 rings (SSSR count). The standard InChI is InChI=1S/C11H13F2N3O2/c1-18-10(17)8-2-3-9(15-14-8)16-6-4-11(12,13)5-7-16/h2-3H,4-7H2,1H3. The topological polar surface area (TPSA) is 55.3 Å². The number of methoxy groups -OCH3 is 1. The van der Waals surface area contributed by atoms with E-state index >= 15 is 0 Å². The Morgan fingerprint density at radius 1 is 1.33 bits per heavy atom. The molecule has 1 aliphatic rings. The molecule has 0 N–H and O–H groups in total. The van der Waals surface area contributed by atoms with E-state index in [0.717, 1.165) is 0 Å². The van der Waals surface area contributed by atoms with E-state index in [4.69, 9.17) is 0 Å². The number of halogens is 2. The fourth-order valence-electron chi connectivity index (χ4n) is 1.77. The lowest BCUT2D eigenvalue weighted by Crippen LogP contribution is -2.39. The third-order valence-electron chi connectivity index (χ3n) is 2.86. The van der Waals surface area contributed by atoms with E-state index in [-0.39, 0.29) is 31.6 Å². The molecule has 18 heavy (non-hydrogen) atoms. The monoisotopic (exact) mass is 257 g/mol. The van der Waals surface area contributed by atoms with Crippen molar-refractivity contribution in [3.05, 3.63) is 17.8 Å². The minimum atomic E-state index is -2.59. The first-order valence-electron chi connectivity index (χ1n) is 5.57. The van der Waals surface area contributed by atoms with Crippen molar-refractivity contribution >= 4 is 11.8 Å². The lowest BCUT2D eigenvalue weighted by atomic mass is 10.1. The van der Waals surface area contributed by atoms with Crippen LogP contribution in [0.2, 0.25) is 0 Å². The molecule has 0 bridgehead atoms. The summed E-state index contributed by atoms with van der Waals surface area (Å²) in [5.74, 6) is -2.66. The number of carbonyl (C=O) groups excluding carboxylic acids is 1. The second kappa shape index (κ2) is 4.83. The van der Waals surface area contributed by atoms with Gasteiger partial charge in [-0.3, -0.25) is 0 Å². The molecule has 0 amide bonds. The summed E-state index contributed by atoms with van der Waals surface area (Å²) < 4.78 is 30.5. The van der Waals surface area contributed by atoms with Gasteiger partial charge in [-0.1, -0.05) is 0 Å². The highest BCUT2D eigenvalue weighted by Crippen LogP contribution is 2.29. The van der Waals surface area contributed by atoms with E-state index in [9.17, 15) is 13.6 Å². The van der Waals surface area contributed by atoms with Gasteiger partial charge in [0.05, 0.1) is 7.11 Å². The number of rotatable bonds is 2. The molecular weight excluding hydrogens is 244 g/mol. The van der Waals surface area contributed by atoms with E-state index in [1.165, 1.54) is 13.2 Å². The summed E-state index contributed by atoms with van der Waals surface area (Å²) in [6.45, 7) is 0.471. The summed E-state index contributed by atoms with van der Waals surface area (Å²) in [7, 11) is 1.25. The molecule has 2 heterocycles. The minimum Gasteiger partial charge on any atom is -0.464 e. The SMILES string of the molecule is COC(=O)c1ccc(N2CCC(F)(F)CC2)nn1. The molecule has 0 aliphatic carbocycles. The number of piperidine rings is 1. The number of hydrogen-bond acceptors (Lipinski definition) is 5. The molecule has 0 unspecified atom stereocenters. The Balaban J connectivity index is 2.04. The molecule has 1 aliphatic heterocycles. The van der Waals surface area contributed by atoms with Gasteiger partial charge in [0, 0.05) is 25.9 Å². The normalized spacial score (nSPS) is 18.5. The van der Waals surface area contributed by atoms with E-state index in [1.54, 1.807) is 11.0 Å². The average Bonchev–Trinajstić information content (AvgIpc) is 2.38. The van der Waals surface area contributed by atoms with Crippen molar-refractivity contribution in [1.29, 1.82) is 0 Å². The van der Waals surface area contributed by atoms with Crippen molar-refractivity contribution in [2.75, 3.05) is 25.1 Å². The van der Waals surface area contributed by atoms with E-state index < -0.39 is 11.9 Å². The van der Waals surface area contributed by atoms with Gasteiger partial charge in [0.1, 0.15) is 0 Å². The van der Waals surface area contributed by atoms with Crippen molar-refractivity contribution in [1.82, 2.24) is 10.2 Å². The Kier molecular flexibility index (Phi) is 3.40. The molecule has 0 radical (unpaired) electrons. The van der Waals surface area contributed by atoms with Crippen LogP contribution in [0.5, 0.6) is 0 Å². The first kappa shape index (κ1) is 12.7. The van der Waals surface area contributed by atoms with Gasteiger partial charge in [0.25, 0.3) is 5.92 Å². The predicted molar refractivity (Wildman–Crippen MR) is 59.8 cm³/mol. The van der Waals surface area contributed by atoms with Crippen LogP contribution in [-0.2, 0) is 4.74 Å². The zero-order valence-corrected chi connectivity index (χ0v) is 9.90. The number of carbonyl (C=O) groups is 1. The molecular formula is C11H13F2N3O2. The Morgan fingerprint density at radius 3 is 2.50 bits per heavy atom. The van der Waals surface area contributed by atoms with Gasteiger partial charge in [-0.25, -0.2) is 13.6 Å². The fourth-order valence-corrected chi connectivity index (χ4v) is 1.77. The maximum atomic E-state index is 13.0. The van der Waals surface area contributed by atoms with Crippen LogP contribution in [0.25, 0.3) is 0 Å². The molecule has 1 aromatic rings. The van der Waals surface area contributed by atoms with Crippen LogP contribution < -0.4 is 4.90 Å². The first-order chi connectivity index (χ1) is 8.52. The van der Waals surface area contributed by atoms with Gasteiger partial charge in [-0.2, -0.15) is 0 Å². The minimum absolute atomic E-state index is 0.101.